The zero-order valence-electron chi connectivity index (χ0n) is 12.0. The first-order chi connectivity index (χ1) is 9.97. The molecule has 1 aliphatic carbocycles. The van der Waals surface area contributed by atoms with E-state index >= 15 is 0 Å². The molecule has 0 aromatic rings. The molecule has 0 radical (unpaired) electrons. The fraction of sp³-hybridized carbons (Fsp3) is 0.692. The molecule has 1 heterocycles. The standard InChI is InChI=1S/C13H20N4O4/c1-8(18)17-6-2-3-9(7-17)11(19)15-16-13(21)12(20)14-10-4-5-10/h9-10H,2-7H2,1H3,(H,14,20)(H,15,19)(H,16,21)/t9-/m1/s1. The Morgan fingerprint density at radius 2 is 1.71 bits per heavy atom. The highest BCUT2D eigenvalue weighted by atomic mass is 16.2. The Bertz CT molecular complexity index is 461. The number of hydrazine groups is 1. The third kappa shape index (κ3) is 4.44. The van der Waals surface area contributed by atoms with Crippen LogP contribution in [0.25, 0.3) is 0 Å². The smallest absolute Gasteiger partial charge is 0.327 e. The third-order valence-electron chi connectivity index (χ3n) is 3.66. The highest BCUT2D eigenvalue weighted by Gasteiger charge is 2.29. The summed E-state index contributed by atoms with van der Waals surface area (Å²) in [5, 5.41) is 2.52. The number of hydrogen-bond acceptors (Lipinski definition) is 4. The summed E-state index contributed by atoms with van der Waals surface area (Å²) < 4.78 is 0. The van der Waals surface area contributed by atoms with Gasteiger partial charge in [0.2, 0.25) is 11.8 Å². The number of nitrogens with zero attached hydrogens (tertiary/aromatic N) is 1. The highest BCUT2D eigenvalue weighted by molar-refractivity contribution is 6.35. The van der Waals surface area contributed by atoms with Crippen molar-refractivity contribution in [3.63, 3.8) is 0 Å². The average Bonchev–Trinajstić information content (AvgIpc) is 3.28. The van der Waals surface area contributed by atoms with Crippen LogP contribution >= 0.6 is 0 Å². The van der Waals surface area contributed by atoms with Gasteiger partial charge in [-0.25, -0.2) is 0 Å². The molecule has 1 aliphatic heterocycles. The number of hydrogen-bond donors (Lipinski definition) is 3. The molecule has 0 aromatic carbocycles. The van der Waals surface area contributed by atoms with Gasteiger partial charge in [0.15, 0.2) is 0 Å². The van der Waals surface area contributed by atoms with Crippen molar-refractivity contribution in [2.75, 3.05) is 13.1 Å². The minimum Gasteiger partial charge on any atom is -0.345 e. The quantitative estimate of drug-likeness (QED) is 0.433. The third-order valence-corrected chi connectivity index (χ3v) is 3.66. The van der Waals surface area contributed by atoms with Crippen molar-refractivity contribution in [1.82, 2.24) is 21.1 Å². The summed E-state index contributed by atoms with van der Waals surface area (Å²) in [6.45, 7) is 2.45. The first kappa shape index (κ1) is 15.3. The Labute approximate surface area is 122 Å². The van der Waals surface area contributed by atoms with Gasteiger partial charge in [-0.15, -0.1) is 0 Å². The van der Waals surface area contributed by atoms with Gasteiger partial charge in [-0.1, -0.05) is 0 Å². The molecule has 2 fully saturated rings. The van der Waals surface area contributed by atoms with E-state index in [2.05, 4.69) is 16.2 Å². The Kier molecular flexibility index (Phi) is 4.77. The molecule has 1 atom stereocenters. The molecule has 1 saturated carbocycles. The predicted molar refractivity (Wildman–Crippen MR) is 72.4 cm³/mol. The van der Waals surface area contributed by atoms with E-state index in [1.807, 2.05) is 0 Å². The number of rotatable bonds is 2. The summed E-state index contributed by atoms with van der Waals surface area (Å²) in [4.78, 5) is 47.7. The van der Waals surface area contributed by atoms with Crippen molar-refractivity contribution in [2.45, 2.75) is 38.6 Å². The van der Waals surface area contributed by atoms with Gasteiger partial charge in [0, 0.05) is 26.1 Å². The topological polar surface area (TPSA) is 108 Å². The van der Waals surface area contributed by atoms with Crippen molar-refractivity contribution in [1.29, 1.82) is 0 Å². The molecule has 0 spiro atoms. The van der Waals surface area contributed by atoms with Gasteiger partial charge >= 0.3 is 11.8 Å². The van der Waals surface area contributed by atoms with Crippen molar-refractivity contribution >= 4 is 23.6 Å². The molecule has 0 bridgehead atoms. The summed E-state index contributed by atoms with van der Waals surface area (Å²) in [5.41, 5.74) is 4.35. The van der Waals surface area contributed by atoms with Gasteiger partial charge in [0.1, 0.15) is 0 Å². The van der Waals surface area contributed by atoms with E-state index in [0.29, 0.717) is 19.5 Å². The Morgan fingerprint density at radius 1 is 1.00 bits per heavy atom. The van der Waals surface area contributed by atoms with E-state index in [4.69, 9.17) is 0 Å². The van der Waals surface area contributed by atoms with Gasteiger partial charge in [-0.05, 0) is 25.7 Å². The number of likely N-dealkylation sites (tertiary alicyclic amines) is 1. The zero-order valence-corrected chi connectivity index (χ0v) is 12.0. The predicted octanol–water partition coefficient (Wildman–Crippen LogP) is -1.33. The maximum absolute atomic E-state index is 11.9. The monoisotopic (exact) mass is 296 g/mol. The lowest BCUT2D eigenvalue weighted by Gasteiger charge is -2.31. The lowest BCUT2D eigenvalue weighted by Crippen LogP contribution is -2.52. The number of carbonyl (C=O) groups is 4. The summed E-state index contributed by atoms with van der Waals surface area (Å²) in [6.07, 6.45) is 3.16. The largest absolute Gasteiger partial charge is 0.345 e. The molecule has 0 unspecified atom stereocenters. The molecule has 4 amide bonds. The normalized spacial score (nSPS) is 21.4. The fourth-order valence-corrected chi connectivity index (χ4v) is 2.23. The van der Waals surface area contributed by atoms with E-state index < -0.39 is 11.8 Å². The summed E-state index contributed by atoms with van der Waals surface area (Å²) in [5.74, 6) is -2.44. The molecular weight excluding hydrogens is 276 g/mol. The molecule has 0 aromatic heterocycles. The van der Waals surface area contributed by atoms with Crippen molar-refractivity contribution < 1.29 is 19.2 Å². The van der Waals surface area contributed by atoms with Gasteiger partial charge in [-0.3, -0.25) is 30.0 Å². The summed E-state index contributed by atoms with van der Waals surface area (Å²) >= 11 is 0. The zero-order chi connectivity index (χ0) is 15.4. The molecular formula is C13H20N4O4. The van der Waals surface area contributed by atoms with Crippen LogP contribution in [0.3, 0.4) is 0 Å². The van der Waals surface area contributed by atoms with Crippen LogP contribution < -0.4 is 16.2 Å². The van der Waals surface area contributed by atoms with Crippen LogP contribution in [0.5, 0.6) is 0 Å². The molecule has 2 rings (SSSR count). The molecule has 8 heteroatoms. The van der Waals surface area contributed by atoms with Crippen LogP contribution in [0.1, 0.15) is 32.6 Å². The number of carbonyl (C=O) groups excluding carboxylic acids is 4. The van der Waals surface area contributed by atoms with E-state index in [-0.39, 0.29) is 23.8 Å². The number of piperidine rings is 1. The van der Waals surface area contributed by atoms with Crippen molar-refractivity contribution in [2.24, 2.45) is 5.92 Å². The molecule has 21 heavy (non-hydrogen) atoms. The molecule has 8 nitrogen and oxygen atoms in total. The van der Waals surface area contributed by atoms with Crippen LogP contribution in [0.4, 0.5) is 0 Å². The van der Waals surface area contributed by atoms with Crippen LogP contribution in [-0.2, 0) is 19.2 Å². The van der Waals surface area contributed by atoms with E-state index in [1.165, 1.54) is 6.92 Å². The Morgan fingerprint density at radius 3 is 2.33 bits per heavy atom. The minimum atomic E-state index is -0.880. The fourth-order valence-electron chi connectivity index (χ4n) is 2.23. The van der Waals surface area contributed by atoms with Crippen molar-refractivity contribution in [3.8, 4) is 0 Å². The van der Waals surface area contributed by atoms with Crippen LogP contribution in [0.15, 0.2) is 0 Å². The number of nitrogens with one attached hydrogen (secondary N) is 3. The van der Waals surface area contributed by atoms with Crippen LogP contribution in [0, 0.1) is 5.92 Å². The molecule has 3 N–H and O–H groups in total. The minimum absolute atomic E-state index is 0.0691. The maximum atomic E-state index is 11.9. The second-order valence-corrected chi connectivity index (χ2v) is 5.50. The number of amides is 4. The average molecular weight is 296 g/mol. The molecule has 116 valence electrons. The second kappa shape index (κ2) is 6.55. The van der Waals surface area contributed by atoms with E-state index in [9.17, 15) is 19.2 Å². The maximum Gasteiger partial charge on any atom is 0.327 e. The van der Waals surface area contributed by atoms with Gasteiger partial charge in [-0.2, -0.15) is 0 Å². The molecule has 1 saturated heterocycles. The Hall–Kier alpha value is -2.12. The second-order valence-electron chi connectivity index (χ2n) is 5.50. The lowest BCUT2D eigenvalue weighted by molar-refractivity contribution is -0.142. The summed E-state index contributed by atoms with van der Waals surface area (Å²) in [6, 6.07) is 0.0846. The summed E-state index contributed by atoms with van der Waals surface area (Å²) in [7, 11) is 0. The molecule has 2 aliphatic rings. The van der Waals surface area contributed by atoms with Gasteiger partial charge in [0.05, 0.1) is 5.92 Å². The van der Waals surface area contributed by atoms with E-state index in [1.54, 1.807) is 4.90 Å². The van der Waals surface area contributed by atoms with Gasteiger partial charge in [0.25, 0.3) is 0 Å². The first-order valence-electron chi connectivity index (χ1n) is 7.13. The van der Waals surface area contributed by atoms with Crippen LogP contribution in [-0.4, -0.2) is 47.7 Å². The lowest BCUT2D eigenvalue weighted by atomic mass is 9.97. The SMILES string of the molecule is CC(=O)N1CCC[C@@H](C(=O)NNC(=O)C(=O)NC2CC2)C1. The van der Waals surface area contributed by atoms with E-state index in [0.717, 1.165) is 19.3 Å². The van der Waals surface area contributed by atoms with Gasteiger partial charge < -0.3 is 10.2 Å². The first-order valence-corrected chi connectivity index (χ1v) is 7.13. The van der Waals surface area contributed by atoms with Crippen LogP contribution in [0.2, 0.25) is 0 Å². The highest BCUT2D eigenvalue weighted by Crippen LogP contribution is 2.18. The van der Waals surface area contributed by atoms with Crippen molar-refractivity contribution in [3.05, 3.63) is 0 Å². The Balaban J connectivity index is 1.74.